The van der Waals surface area contributed by atoms with Gasteiger partial charge in [0.2, 0.25) is 0 Å². The lowest BCUT2D eigenvalue weighted by Gasteiger charge is -2.22. The third kappa shape index (κ3) is 4.51. The maximum Gasteiger partial charge on any atom is 0.332 e. The van der Waals surface area contributed by atoms with Gasteiger partial charge in [0.15, 0.2) is 0 Å². The number of nitrogens with zero attached hydrogens (tertiary/aromatic N) is 1. The Morgan fingerprint density at radius 3 is 2.80 bits per heavy atom. The quantitative estimate of drug-likeness (QED) is 0.325. The summed E-state index contributed by atoms with van der Waals surface area (Å²) in [6.45, 7) is 5.70. The largest absolute Gasteiger partial charge is 0.453 e. The smallest absolute Gasteiger partial charge is 0.332 e. The van der Waals surface area contributed by atoms with Crippen LogP contribution in [0.3, 0.4) is 0 Å². The van der Waals surface area contributed by atoms with Crippen molar-refractivity contribution in [2.75, 3.05) is 0 Å². The second kappa shape index (κ2) is 7.26. The third-order valence-electron chi connectivity index (χ3n) is 3.80. The van der Waals surface area contributed by atoms with Crippen molar-refractivity contribution >= 4 is 17.7 Å². The van der Waals surface area contributed by atoms with Crippen molar-refractivity contribution in [1.29, 1.82) is 0 Å². The molecule has 0 aromatic heterocycles. The van der Waals surface area contributed by atoms with Crippen LogP contribution < -0.4 is 11.2 Å². The molecule has 0 spiro atoms. The van der Waals surface area contributed by atoms with Crippen molar-refractivity contribution in [3.05, 3.63) is 0 Å². The van der Waals surface area contributed by atoms with E-state index in [4.69, 9.17) is 10.5 Å². The van der Waals surface area contributed by atoms with Crippen molar-refractivity contribution in [2.24, 2.45) is 16.8 Å². The average molecular weight is 283 g/mol. The van der Waals surface area contributed by atoms with E-state index in [2.05, 4.69) is 17.5 Å². The van der Waals surface area contributed by atoms with Gasteiger partial charge in [-0.1, -0.05) is 32.6 Å². The third-order valence-corrected chi connectivity index (χ3v) is 3.80. The number of hydrazone groups is 1. The molecule has 1 aliphatic rings. The van der Waals surface area contributed by atoms with E-state index in [9.17, 15) is 9.59 Å². The Hall–Kier alpha value is -1.59. The molecule has 20 heavy (non-hydrogen) atoms. The minimum atomic E-state index is -0.741. The number of amides is 2. The zero-order chi connectivity index (χ0) is 15.2. The summed E-state index contributed by atoms with van der Waals surface area (Å²) in [7, 11) is 0. The number of carbonyl (C=O) groups is 2. The maximum absolute atomic E-state index is 11.9. The molecule has 6 heteroatoms. The Morgan fingerprint density at radius 2 is 2.20 bits per heavy atom. The molecule has 0 aromatic carbocycles. The number of primary amides is 1. The molecular weight excluding hydrogens is 258 g/mol. The number of nitrogens with two attached hydrogens (primary N) is 1. The summed E-state index contributed by atoms with van der Waals surface area (Å²) in [6.07, 6.45) is 6.02. The Labute approximate surface area is 120 Å². The van der Waals surface area contributed by atoms with Gasteiger partial charge in [-0.05, 0) is 20.3 Å². The molecule has 2 atom stereocenters. The molecule has 1 heterocycles. The van der Waals surface area contributed by atoms with Crippen LogP contribution in [0.1, 0.15) is 59.3 Å². The number of hydrogen-bond acceptors (Lipinski definition) is 4. The van der Waals surface area contributed by atoms with Gasteiger partial charge in [-0.2, -0.15) is 5.10 Å². The topological polar surface area (TPSA) is 93.8 Å². The first kappa shape index (κ1) is 16.5. The number of carbonyl (C=O) groups excluding carboxylic acids is 2. The van der Waals surface area contributed by atoms with Crippen LogP contribution in [0.15, 0.2) is 5.10 Å². The predicted molar refractivity (Wildman–Crippen MR) is 77.2 cm³/mol. The molecule has 6 nitrogen and oxygen atoms in total. The van der Waals surface area contributed by atoms with Crippen LogP contribution in [0.25, 0.3) is 0 Å². The van der Waals surface area contributed by atoms with E-state index < -0.39 is 11.6 Å². The number of ether oxygens (including phenoxy) is 1. The zero-order valence-electron chi connectivity index (χ0n) is 12.6. The lowest BCUT2D eigenvalue weighted by molar-refractivity contribution is -0.146. The molecule has 2 unspecified atom stereocenters. The standard InChI is InChI=1S/C14H25N3O3/c1-4-5-6-7-8-11-9-14(3,20-12(11)18)10(2)16-17-13(15)19/h11H,4-9H2,1-3H3,(H3,15,17,19). The van der Waals surface area contributed by atoms with E-state index in [-0.39, 0.29) is 11.9 Å². The van der Waals surface area contributed by atoms with E-state index in [1.54, 1.807) is 6.92 Å². The van der Waals surface area contributed by atoms with E-state index in [0.717, 1.165) is 19.3 Å². The predicted octanol–water partition coefficient (Wildman–Crippen LogP) is 2.32. The van der Waals surface area contributed by atoms with Gasteiger partial charge in [-0.3, -0.25) is 4.79 Å². The van der Waals surface area contributed by atoms with Crippen molar-refractivity contribution in [1.82, 2.24) is 5.43 Å². The molecule has 1 aliphatic heterocycles. The molecule has 3 N–H and O–H groups in total. The van der Waals surface area contributed by atoms with Crippen LogP contribution in [-0.4, -0.2) is 23.3 Å². The Bertz CT molecular complexity index is 395. The van der Waals surface area contributed by atoms with E-state index in [0.29, 0.717) is 12.1 Å². The number of nitrogens with one attached hydrogen (secondary N) is 1. The van der Waals surface area contributed by atoms with Gasteiger partial charge >= 0.3 is 12.0 Å². The maximum atomic E-state index is 11.9. The van der Waals surface area contributed by atoms with Gasteiger partial charge < -0.3 is 10.5 Å². The van der Waals surface area contributed by atoms with Gasteiger partial charge in [-0.15, -0.1) is 0 Å². The summed E-state index contributed by atoms with van der Waals surface area (Å²) >= 11 is 0. The van der Waals surface area contributed by atoms with E-state index in [1.807, 2.05) is 6.92 Å². The average Bonchev–Trinajstić information content (AvgIpc) is 2.68. The number of rotatable bonds is 7. The summed E-state index contributed by atoms with van der Waals surface area (Å²) in [4.78, 5) is 22.6. The van der Waals surface area contributed by atoms with Gasteiger partial charge in [0.25, 0.3) is 0 Å². The van der Waals surface area contributed by atoms with Gasteiger partial charge in [0, 0.05) is 6.42 Å². The van der Waals surface area contributed by atoms with Crippen LogP contribution in [0.2, 0.25) is 0 Å². The summed E-state index contributed by atoms with van der Waals surface area (Å²) in [6, 6.07) is -0.728. The van der Waals surface area contributed by atoms with Crippen molar-refractivity contribution in [3.63, 3.8) is 0 Å². The number of cyclic esters (lactones) is 1. The van der Waals surface area contributed by atoms with Crippen LogP contribution >= 0.6 is 0 Å². The second-order valence-corrected chi connectivity index (χ2v) is 5.58. The second-order valence-electron chi connectivity index (χ2n) is 5.58. The first-order chi connectivity index (χ1) is 9.39. The molecule has 0 radical (unpaired) electrons. The van der Waals surface area contributed by atoms with Crippen LogP contribution in [-0.2, 0) is 9.53 Å². The number of esters is 1. The Morgan fingerprint density at radius 1 is 1.50 bits per heavy atom. The molecule has 2 amide bonds. The summed E-state index contributed by atoms with van der Waals surface area (Å²) in [5, 5.41) is 3.87. The molecule has 1 saturated heterocycles. The monoisotopic (exact) mass is 283 g/mol. The SMILES string of the molecule is CCCCCCC1CC(C)(C(C)=NNC(N)=O)OC1=O. The fraction of sp³-hybridized carbons (Fsp3) is 0.786. The van der Waals surface area contributed by atoms with E-state index >= 15 is 0 Å². The van der Waals surface area contributed by atoms with Crippen molar-refractivity contribution in [3.8, 4) is 0 Å². The first-order valence-corrected chi connectivity index (χ1v) is 7.22. The normalized spacial score (nSPS) is 26.4. The molecule has 114 valence electrons. The van der Waals surface area contributed by atoms with Gasteiger partial charge in [0.1, 0.15) is 5.60 Å². The number of unbranched alkanes of at least 4 members (excludes halogenated alkanes) is 3. The molecule has 1 fully saturated rings. The first-order valence-electron chi connectivity index (χ1n) is 7.22. The fourth-order valence-corrected chi connectivity index (χ4v) is 2.42. The minimum absolute atomic E-state index is 0.0735. The summed E-state index contributed by atoms with van der Waals surface area (Å²) in [5.74, 6) is -0.242. The minimum Gasteiger partial charge on any atom is -0.453 e. The molecular formula is C14H25N3O3. The number of hydrogen-bond donors (Lipinski definition) is 2. The number of urea groups is 1. The highest BCUT2D eigenvalue weighted by molar-refractivity contribution is 5.95. The molecule has 1 rings (SSSR count). The zero-order valence-corrected chi connectivity index (χ0v) is 12.6. The van der Waals surface area contributed by atoms with Crippen LogP contribution in [0.4, 0.5) is 4.79 Å². The van der Waals surface area contributed by atoms with Gasteiger partial charge in [-0.25, -0.2) is 10.2 Å². The van der Waals surface area contributed by atoms with Crippen LogP contribution in [0, 0.1) is 5.92 Å². The lowest BCUT2D eigenvalue weighted by Crippen LogP contribution is -2.36. The Balaban J connectivity index is 2.55. The van der Waals surface area contributed by atoms with Crippen LogP contribution in [0.5, 0.6) is 0 Å². The Kier molecular flexibility index (Phi) is 5.98. The molecule has 0 saturated carbocycles. The molecule has 0 aliphatic carbocycles. The lowest BCUT2D eigenvalue weighted by atomic mass is 9.89. The van der Waals surface area contributed by atoms with Crippen molar-refractivity contribution < 1.29 is 14.3 Å². The fourth-order valence-electron chi connectivity index (χ4n) is 2.42. The highest BCUT2D eigenvalue weighted by Crippen LogP contribution is 2.35. The molecule has 0 bridgehead atoms. The molecule has 0 aromatic rings. The highest BCUT2D eigenvalue weighted by atomic mass is 16.6. The highest BCUT2D eigenvalue weighted by Gasteiger charge is 2.45. The van der Waals surface area contributed by atoms with E-state index in [1.165, 1.54) is 12.8 Å². The van der Waals surface area contributed by atoms with Gasteiger partial charge in [0.05, 0.1) is 11.6 Å². The van der Waals surface area contributed by atoms with Crippen molar-refractivity contribution in [2.45, 2.75) is 64.9 Å². The summed E-state index contributed by atoms with van der Waals surface area (Å²) in [5.41, 5.74) is 6.95. The summed E-state index contributed by atoms with van der Waals surface area (Å²) < 4.78 is 5.45.